The molecule has 0 saturated heterocycles. The Balaban J connectivity index is 1.85. The van der Waals surface area contributed by atoms with Gasteiger partial charge in [-0.15, -0.1) is 0 Å². The predicted octanol–water partition coefficient (Wildman–Crippen LogP) is 3.60. The van der Waals surface area contributed by atoms with E-state index in [9.17, 15) is 9.59 Å². The number of anilines is 1. The lowest BCUT2D eigenvalue weighted by Gasteiger charge is -2.14. The lowest BCUT2D eigenvalue weighted by Crippen LogP contribution is -2.22. The van der Waals surface area contributed by atoms with Gasteiger partial charge in [-0.05, 0) is 42.2 Å². The first-order valence-electron chi connectivity index (χ1n) is 9.94. The third-order valence-corrected chi connectivity index (χ3v) is 5.08. The first kappa shape index (κ1) is 21.4. The normalized spacial score (nSPS) is 15.4. The Labute approximate surface area is 176 Å². The summed E-state index contributed by atoms with van der Waals surface area (Å²) in [4.78, 5) is 28.5. The maximum Gasteiger partial charge on any atom is 0.237 e. The maximum atomic E-state index is 12.7. The molecule has 1 atom stereocenters. The molecule has 30 heavy (non-hydrogen) atoms. The largest absolute Gasteiger partial charge is 0.493 e. The van der Waals surface area contributed by atoms with E-state index in [1.165, 1.54) is 6.92 Å². The van der Waals surface area contributed by atoms with Crippen LogP contribution >= 0.6 is 0 Å². The van der Waals surface area contributed by atoms with Crippen LogP contribution in [0.25, 0.3) is 0 Å². The van der Waals surface area contributed by atoms with Gasteiger partial charge in [-0.2, -0.15) is 0 Å². The summed E-state index contributed by atoms with van der Waals surface area (Å²) in [5, 5.41) is 5.71. The highest BCUT2D eigenvalue weighted by molar-refractivity contribution is 6.19. The lowest BCUT2D eigenvalue weighted by molar-refractivity contribution is -0.119. The number of methoxy groups -OCH3 is 2. The summed E-state index contributed by atoms with van der Waals surface area (Å²) in [5.74, 6) is 0.545. The first-order valence-corrected chi connectivity index (χ1v) is 9.94. The second-order valence-electron chi connectivity index (χ2n) is 7.07. The highest BCUT2D eigenvalue weighted by Crippen LogP contribution is 2.42. The van der Waals surface area contributed by atoms with Crippen molar-refractivity contribution in [1.29, 1.82) is 0 Å². The van der Waals surface area contributed by atoms with E-state index >= 15 is 0 Å². The van der Waals surface area contributed by atoms with E-state index in [0.717, 1.165) is 34.6 Å². The molecule has 0 aliphatic carbocycles. The van der Waals surface area contributed by atoms with Crippen molar-refractivity contribution in [3.05, 3.63) is 47.5 Å². The average Bonchev–Trinajstić information content (AvgIpc) is 3.06. The molecule has 0 aromatic heterocycles. The molecular formula is C23H27N3O4. The SMILES string of the molecule is CCC(=Nc1ccc(CCNC(C)=O)cc1)C1C(=O)Nc2cc(OC)c(OC)cc21. The molecule has 0 bridgehead atoms. The zero-order valence-electron chi connectivity index (χ0n) is 17.7. The third-order valence-electron chi connectivity index (χ3n) is 5.08. The third kappa shape index (κ3) is 4.62. The Kier molecular flexibility index (Phi) is 6.72. The molecule has 2 N–H and O–H groups in total. The van der Waals surface area contributed by atoms with Crippen molar-refractivity contribution in [3.63, 3.8) is 0 Å². The van der Waals surface area contributed by atoms with Gasteiger partial charge in [-0.25, -0.2) is 0 Å². The molecule has 7 heteroatoms. The van der Waals surface area contributed by atoms with E-state index in [-0.39, 0.29) is 11.8 Å². The Morgan fingerprint density at radius 2 is 1.80 bits per heavy atom. The van der Waals surface area contributed by atoms with Crippen LogP contribution in [0.4, 0.5) is 11.4 Å². The number of ether oxygens (including phenoxy) is 2. The molecule has 0 saturated carbocycles. The molecule has 1 aliphatic heterocycles. The molecule has 1 unspecified atom stereocenters. The van der Waals surface area contributed by atoms with Crippen molar-refractivity contribution in [2.75, 3.05) is 26.1 Å². The molecule has 1 heterocycles. The van der Waals surface area contributed by atoms with E-state index in [2.05, 4.69) is 10.6 Å². The van der Waals surface area contributed by atoms with E-state index < -0.39 is 5.92 Å². The van der Waals surface area contributed by atoms with Crippen molar-refractivity contribution in [3.8, 4) is 11.5 Å². The van der Waals surface area contributed by atoms with Crippen LogP contribution in [0.2, 0.25) is 0 Å². The molecule has 158 valence electrons. The van der Waals surface area contributed by atoms with Crippen LogP contribution in [0, 0.1) is 0 Å². The summed E-state index contributed by atoms with van der Waals surface area (Å²) >= 11 is 0. The van der Waals surface area contributed by atoms with Crippen LogP contribution in [0.3, 0.4) is 0 Å². The minimum Gasteiger partial charge on any atom is -0.493 e. The number of carbonyl (C=O) groups is 2. The average molecular weight is 409 g/mol. The van der Waals surface area contributed by atoms with Crippen molar-refractivity contribution < 1.29 is 19.1 Å². The predicted molar refractivity (Wildman–Crippen MR) is 117 cm³/mol. The minimum absolute atomic E-state index is 0.0341. The van der Waals surface area contributed by atoms with Gasteiger partial charge in [0.2, 0.25) is 11.8 Å². The number of hydrogen-bond donors (Lipinski definition) is 2. The van der Waals surface area contributed by atoms with E-state index in [1.807, 2.05) is 37.3 Å². The summed E-state index contributed by atoms with van der Waals surface area (Å²) in [6, 6.07) is 11.5. The standard InChI is InChI=1S/C23H27N3O4/c1-5-18(25-16-8-6-15(7-9-16)10-11-24-14(2)27)22-17-12-20(29-3)21(30-4)13-19(17)26-23(22)28/h6-9,12-13,22H,5,10-11H2,1-4H3,(H,24,27)(H,26,28). The summed E-state index contributed by atoms with van der Waals surface area (Å²) in [6.07, 6.45) is 1.39. The van der Waals surface area contributed by atoms with Gasteiger partial charge in [0.1, 0.15) is 5.92 Å². The fourth-order valence-corrected chi connectivity index (χ4v) is 3.55. The number of amides is 2. The van der Waals surface area contributed by atoms with Gasteiger partial charge in [-0.3, -0.25) is 14.6 Å². The van der Waals surface area contributed by atoms with Crippen molar-refractivity contribution in [1.82, 2.24) is 5.32 Å². The minimum atomic E-state index is -0.468. The lowest BCUT2D eigenvalue weighted by atomic mass is 9.93. The van der Waals surface area contributed by atoms with Gasteiger partial charge in [-0.1, -0.05) is 19.1 Å². The Bertz CT molecular complexity index is 967. The molecule has 7 nitrogen and oxygen atoms in total. The molecule has 2 aromatic rings. The quantitative estimate of drug-likeness (QED) is 0.652. The van der Waals surface area contributed by atoms with Crippen molar-refractivity contribution in [2.45, 2.75) is 32.6 Å². The van der Waals surface area contributed by atoms with Crippen LogP contribution < -0.4 is 20.1 Å². The van der Waals surface area contributed by atoms with Gasteiger partial charge in [0.05, 0.1) is 19.9 Å². The van der Waals surface area contributed by atoms with E-state index in [1.54, 1.807) is 20.3 Å². The number of rotatable bonds is 8. The highest BCUT2D eigenvalue weighted by atomic mass is 16.5. The summed E-state index contributed by atoms with van der Waals surface area (Å²) in [7, 11) is 3.14. The number of carbonyl (C=O) groups excluding carboxylic acids is 2. The van der Waals surface area contributed by atoms with Crippen LogP contribution in [0.1, 0.15) is 37.3 Å². The van der Waals surface area contributed by atoms with Gasteiger partial charge in [0.25, 0.3) is 0 Å². The summed E-state index contributed by atoms with van der Waals surface area (Å²) < 4.78 is 10.7. The number of benzene rings is 2. The molecule has 3 rings (SSSR count). The molecular weight excluding hydrogens is 382 g/mol. The van der Waals surface area contributed by atoms with Crippen LogP contribution in [-0.4, -0.2) is 38.3 Å². The fourth-order valence-electron chi connectivity index (χ4n) is 3.55. The molecule has 0 radical (unpaired) electrons. The van der Waals surface area contributed by atoms with E-state index in [4.69, 9.17) is 14.5 Å². The maximum absolute atomic E-state index is 12.7. The smallest absolute Gasteiger partial charge is 0.237 e. The molecule has 1 aliphatic rings. The monoisotopic (exact) mass is 409 g/mol. The molecule has 0 spiro atoms. The van der Waals surface area contributed by atoms with Crippen molar-refractivity contribution in [2.24, 2.45) is 4.99 Å². The Morgan fingerprint density at radius 1 is 1.13 bits per heavy atom. The molecule has 2 aromatic carbocycles. The van der Waals surface area contributed by atoms with Gasteiger partial charge >= 0.3 is 0 Å². The first-order chi connectivity index (χ1) is 14.5. The number of nitrogens with one attached hydrogen (secondary N) is 2. The van der Waals surface area contributed by atoms with Crippen molar-refractivity contribution >= 4 is 28.9 Å². The van der Waals surface area contributed by atoms with Gasteiger partial charge in [0.15, 0.2) is 11.5 Å². The number of aliphatic imine (C=N–C) groups is 1. The topological polar surface area (TPSA) is 89.0 Å². The molecule has 2 amide bonds. The Morgan fingerprint density at radius 3 is 2.40 bits per heavy atom. The number of fused-ring (bicyclic) bond motifs is 1. The fraction of sp³-hybridized carbons (Fsp3) is 0.348. The van der Waals surface area contributed by atoms with Crippen LogP contribution in [-0.2, 0) is 16.0 Å². The van der Waals surface area contributed by atoms with Gasteiger partial charge < -0.3 is 20.1 Å². The summed E-state index contributed by atoms with van der Waals surface area (Å²) in [5.41, 5.74) is 4.24. The zero-order valence-corrected chi connectivity index (χ0v) is 17.7. The summed E-state index contributed by atoms with van der Waals surface area (Å²) in [6.45, 7) is 4.10. The van der Waals surface area contributed by atoms with Gasteiger partial charge in [0, 0.05) is 30.9 Å². The second-order valence-corrected chi connectivity index (χ2v) is 7.07. The highest BCUT2D eigenvalue weighted by Gasteiger charge is 2.35. The number of nitrogens with zero attached hydrogens (tertiary/aromatic N) is 1. The van der Waals surface area contributed by atoms with E-state index in [0.29, 0.717) is 24.5 Å². The van der Waals surface area contributed by atoms with Crippen LogP contribution in [0.15, 0.2) is 41.4 Å². The zero-order chi connectivity index (χ0) is 21.7. The second kappa shape index (κ2) is 9.43. The number of hydrogen-bond acceptors (Lipinski definition) is 5. The Hall–Kier alpha value is -3.35. The molecule has 0 fully saturated rings. The van der Waals surface area contributed by atoms with Crippen LogP contribution in [0.5, 0.6) is 11.5 Å².